The zero-order valence-electron chi connectivity index (χ0n) is 15.1. The van der Waals surface area contributed by atoms with Gasteiger partial charge in [0.1, 0.15) is 0 Å². The van der Waals surface area contributed by atoms with Crippen LogP contribution in [0.25, 0.3) is 0 Å². The highest BCUT2D eigenvalue weighted by Gasteiger charge is 2.33. The maximum absolute atomic E-state index is 12.5. The molecule has 0 radical (unpaired) electrons. The first kappa shape index (κ1) is 18.0. The van der Waals surface area contributed by atoms with Crippen molar-refractivity contribution < 1.29 is 9.59 Å². The van der Waals surface area contributed by atoms with E-state index in [1.54, 1.807) is 0 Å². The van der Waals surface area contributed by atoms with Gasteiger partial charge in [-0.05, 0) is 56.0 Å². The van der Waals surface area contributed by atoms with Gasteiger partial charge in [0, 0.05) is 30.4 Å². The molecule has 2 aromatic carbocycles. The second kappa shape index (κ2) is 8.52. The summed E-state index contributed by atoms with van der Waals surface area (Å²) < 4.78 is 0. The number of nitrogens with one attached hydrogen (secondary N) is 2. The number of amides is 3. The van der Waals surface area contributed by atoms with Gasteiger partial charge >= 0.3 is 6.03 Å². The van der Waals surface area contributed by atoms with E-state index in [0.717, 1.165) is 29.8 Å². The fourth-order valence-electron chi connectivity index (χ4n) is 2.86. The summed E-state index contributed by atoms with van der Waals surface area (Å²) in [4.78, 5) is 26.4. The molecule has 136 valence electrons. The highest BCUT2D eigenvalue weighted by Crippen LogP contribution is 2.32. The number of para-hydroxylation sites is 1. The Morgan fingerprint density at radius 1 is 1.08 bits per heavy atom. The van der Waals surface area contributed by atoms with Crippen LogP contribution in [-0.2, 0) is 4.79 Å². The van der Waals surface area contributed by atoms with E-state index in [-0.39, 0.29) is 17.9 Å². The van der Waals surface area contributed by atoms with Gasteiger partial charge in [0.05, 0.1) is 0 Å². The SMILES string of the molecule is Cc1cccc(NC(=O)NCCCN(C(=O)C2CC2)c2ccccc2)c1. The lowest BCUT2D eigenvalue weighted by molar-refractivity contribution is -0.119. The van der Waals surface area contributed by atoms with Gasteiger partial charge in [-0.15, -0.1) is 0 Å². The molecule has 0 aromatic heterocycles. The van der Waals surface area contributed by atoms with Gasteiger partial charge in [-0.2, -0.15) is 0 Å². The summed E-state index contributed by atoms with van der Waals surface area (Å²) in [5.41, 5.74) is 2.80. The summed E-state index contributed by atoms with van der Waals surface area (Å²) >= 11 is 0. The van der Waals surface area contributed by atoms with Gasteiger partial charge in [-0.3, -0.25) is 4.79 Å². The van der Waals surface area contributed by atoms with Crippen LogP contribution < -0.4 is 15.5 Å². The molecule has 5 nitrogen and oxygen atoms in total. The third-order valence-electron chi connectivity index (χ3n) is 4.38. The molecule has 5 heteroatoms. The monoisotopic (exact) mass is 351 g/mol. The Bertz CT molecular complexity index is 757. The molecule has 2 N–H and O–H groups in total. The van der Waals surface area contributed by atoms with Gasteiger partial charge in [-0.1, -0.05) is 30.3 Å². The summed E-state index contributed by atoms with van der Waals surface area (Å²) in [7, 11) is 0. The number of carbonyl (C=O) groups is 2. The Morgan fingerprint density at radius 2 is 1.85 bits per heavy atom. The number of carbonyl (C=O) groups excluding carboxylic acids is 2. The number of urea groups is 1. The molecular formula is C21H25N3O2. The minimum atomic E-state index is -0.226. The first-order chi connectivity index (χ1) is 12.6. The molecule has 0 bridgehead atoms. The molecule has 0 heterocycles. The molecular weight excluding hydrogens is 326 g/mol. The van der Waals surface area contributed by atoms with Crippen molar-refractivity contribution in [2.45, 2.75) is 26.2 Å². The van der Waals surface area contributed by atoms with E-state index < -0.39 is 0 Å². The van der Waals surface area contributed by atoms with Crippen LogP contribution in [0.1, 0.15) is 24.8 Å². The van der Waals surface area contributed by atoms with Crippen molar-refractivity contribution in [2.75, 3.05) is 23.3 Å². The summed E-state index contributed by atoms with van der Waals surface area (Å²) in [5.74, 6) is 0.369. The van der Waals surface area contributed by atoms with Crippen molar-refractivity contribution in [3.8, 4) is 0 Å². The zero-order valence-corrected chi connectivity index (χ0v) is 15.1. The number of nitrogens with zero attached hydrogens (tertiary/aromatic N) is 1. The molecule has 3 amide bonds. The molecule has 0 saturated heterocycles. The van der Waals surface area contributed by atoms with E-state index in [4.69, 9.17) is 0 Å². The Morgan fingerprint density at radius 3 is 2.54 bits per heavy atom. The number of hydrogen-bond acceptors (Lipinski definition) is 2. The van der Waals surface area contributed by atoms with Crippen molar-refractivity contribution in [2.24, 2.45) is 5.92 Å². The topological polar surface area (TPSA) is 61.4 Å². The van der Waals surface area contributed by atoms with Gasteiger partial charge in [0.2, 0.25) is 5.91 Å². The van der Waals surface area contributed by atoms with E-state index in [1.807, 2.05) is 66.4 Å². The van der Waals surface area contributed by atoms with Crippen LogP contribution in [-0.4, -0.2) is 25.0 Å². The van der Waals surface area contributed by atoms with Crippen molar-refractivity contribution in [3.63, 3.8) is 0 Å². The van der Waals surface area contributed by atoms with Crippen molar-refractivity contribution in [1.82, 2.24) is 5.32 Å². The maximum Gasteiger partial charge on any atom is 0.319 e. The van der Waals surface area contributed by atoms with Crippen molar-refractivity contribution in [3.05, 3.63) is 60.2 Å². The van der Waals surface area contributed by atoms with E-state index in [0.29, 0.717) is 19.5 Å². The lowest BCUT2D eigenvalue weighted by Gasteiger charge is -2.23. The van der Waals surface area contributed by atoms with Crippen LogP contribution in [0.3, 0.4) is 0 Å². The Hall–Kier alpha value is -2.82. The average Bonchev–Trinajstić information content (AvgIpc) is 3.47. The van der Waals surface area contributed by atoms with E-state index in [9.17, 15) is 9.59 Å². The molecule has 1 aliphatic carbocycles. The standard InChI is InChI=1S/C21H25N3O2/c1-16-7-5-8-18(15-16)23-21(26)22-13-6-14-24(20(25)17-11-12-17)19-9-3-2-4-10-19/h2-5,7-10,15,17H,6,11-14H2,1H3,(H2,22,23,26). The van der Waals surface area contributed by atoms with Crippen LogP contribution in [0.15, 0.2) is 54.6 Å². The number of rotatable bonds is 7. The highest BCUT2D eigenvalue weighted by molar-refractivity contribution is 5.96. The number of hydrogen-bond donors (Lipinski definition) is 2. The fraction of sp³-hybridized carbons (Fsp3) is 0.333. The largest absolute Gasteiger partial charge is 0.338 e. The predicted octanol–water partition coefficient (Wildman–Crippen LogP) is 3.95. The number of aryl methyl sites for hydroxylation is 1. The average molecular weight is 351 g/mol. The summed E-state index contributed by atoms with van der Waals surface area (Å²) in [5, 5.41) is 5.68. The van der Waals surface area contributed by atoms with E-state index >= 15 is 0 Å². The minimum absolute atomic E-state index is 0.174. The van der Waals surface area contributed by atoms with Crippen LogP contribution >= 0.6 is 0 Å². The molecule has 0 atom stereocenters. The van der Waals surface area contributed by atoms with Gasteiger partial charge in [0.25, 0.3) is 0 Å². The molecule has 0 aliphatic heterocycles. The van der Waals surface area contributed by atoms with Gasteiger partial charge in [-0.25, -0.2) is 4.79 Å². The number of benzene rings is 2. The first-order valence-electron chi connectivity index (χ1n) is 9.11. The smallest absolute Gasteiger partial charge is 0.319 e. The van der Waals surface area contributed by atoms with E-state index in [2.05, 4.69) is 10.6 Å². The molecule has 1 aliphatic rings. The van der Waals surface area contributed by atoms with Crippen LogP contribution in [0, 0.1) is 12.8 Å². The van der Waals surface area contributed by atoms with Gasteiger partial charge < -0.3 is 15.5 Å². The lowest BCUT2D eigenvalue weighted by atomic mass is 10.2. The zero-order chi connectivity index (χ0) is 18.4. The van der Waals surface area contributed by atoms with Crippen LogP contribution in [0.2, 0.25) is 0 Å². The molecule has 26 heavy (non-hydrogen) atoms. The second-order valence-electron chi connectivity index (χ2n) is 6.70. The van der Waals surface area contributed by atoms with Crippen molar-refractivity contribution in [1.29, 1.82) is 0 Å². The maximum atomic E-state index is 12.5. The molecule has 2 aromatic rings. The lowest BCUT2D eigenvalue weighted by Crippen LogP contribution is -2.36. The van der Waals surface area contributed by atoms with E-state index in [1.165, 1.54) is 0 Å². The minimum Gasteiger partial charge on any atom is -0.338 e. The number of anilines is 2. The molecule has 0 spiro atoms. The Balaban J connectivity index is 1.47. The summed E-state index contributed by atoms with van der Waals surface area (Å²) in [6.07, 6.45) is 2.67. The predicted molar refractivity (Wildman–Crippen MR) is 104 cm³/mol. The quantitative estimate of drug-likeness (QED) is 0.742. The molecule has 1 fully saturated rings. The molecule has 0 unspecified atom stereocenters. The van der Waals surface area contributed by atoms with Crippen molar-refractivity contribution >= 4 is 23.3 Å². The second-order valence-corrected chi connectivity index (χ2v) is 6.70. The Kier molecular flexibility index (Phi) is 5.89. The molecule has 1 saturated carbocycles. The van der Waals surface area contributed by atoms with Gasteiger partial charge in [0.15, 0.2) is 0 Å². The molecule has 3 rings (SSSR count). The van der Waals surface area contributed by atoms with Crippen LogP contribution in [0.5, 0.6) is 0 Å². The normalized spacial score (nSPS) is 13.1. The summed E-state index contributed by atoms with van der Waals surface area (Å²) in [6.45, 7) is 3.10. The highest BCUT2D eigenvalue weighted by atomic mass is 16.2. The third kappa shape index (κ3) is 5.09. The first-order valence-corrected chi connectivity index (χ1v) is 9.11. The Labute approximate surface area is 154 Å². The third-order valence-corrected chi connectivity index (χ3v) is 4.38. The fourth-order valence-corrected chi connectivity index (χ4v) is 2.86. The summed E-state index contributed by atoms with van der Waals surface area (Å²) in [6, 6.07) is 17.2. The van der Waals surface area contributed by atoms with Crippen LogP contribution in [0.4, 0.5) is 16.2 Å².